The first-order valence-electron chi connectivity index (χ1n) is 11.6. The van der Waals surface area contributed by atoms with Crippen molar-refractivity contribution in [2.45, 2.75) is 17.2 Å². The van der Waals surface area contributed by atoms with E-state index in [2.05, 4.69) is 5.32 Å². The van der Waals surface area contributed by atoms with Gasteiger partial charge in [0, 0.05) is 26.2 Å². The number of ether oxygens (including phenoxy) is 1. The van der Waals surface area contributed by atoms with Gasteiger partial charge >= 0.3 is 0 Å². The molecule has 1 saturated heterocycles. The molecular formula is C26H27N3O7S. The minimum atomic E-state index is -4.30. The summed E-state index contributed by atoms with van der Waals surface area (Å²) in [4.78, 5) is 42.0. The number of furan rings is 1. The maximum absolute atomic E-state index is 13.5. The van der Waals surface area contributed by atoms with Gasteiger partial charge in [-0.1, -0.05) is 29.8 Å². The molecule has 1 fully saturated rings. The minimum Gasteiger partial charge on any atom is -0.496 e. The average molecular weight is 526 g/mol. The molecule has 3 aromatic rings. The number of carbonyl (C=O) groups excluding carboxylic acids is 3. The number of methoxy groups -OCH3 is 1. The Balaban J connectivity index is 1.54. The second-order valence-corrected chi connectivity index (χ2v) is 10.5. The van der Waals surface area contributed by atoms with Crippen LogP contribution in [0.3, 0.4) is 0 Å². The van der Waals surface area contributed by atoms with Crippen molar-refractivity contribution in [1.82, 2.24) is 15.1 Å². The van der Waals surface area contributed by atoms with Crippen molar-refractivity contribution in [3.8, 4) is 5.75 Å². The Kier molecular flexibility index (Phi) is 7.63. The third-order valence-electron chi connectivity index (χ3n) is 6.11. The van der Waals surface area contributed by atoms with Crippen molar-refractivity contribution in [1.29, 1.82) is 0 Å². The lowest BCUT2D eigenvalue weighted by Gasteiger charge is -2.36. The third kappa shape index (κ3) is 5.51. The van der Waals surface area contributed by atoms with Crippen LogP contribution in [0.25, 0.3) is 0 Å². The van der Waals surface area contributed by atoms with Gasteiger partial charge in [0.15, 0.2) is 5.76 Å². The molecule has 11 heteroatoms. The molecule has 0 radical (unpaired) electrons. The second-order valence-electron chi connectivity index (χ2n) is 8.51. The molecule has 3 amide bonds. The van der Waals surface area contributed by atoms with Gasteiger partial charge < -0.3 is 24.3 Å². The fourth-order valence-corrected chi connectivity index (χ4v) is 5.49. The Morgan fingerprint density at radius 2 is 1.57 bits per heavy atom. The number of benzene rings is 2. The molecule has 37 heavy (non-hydrogen) atoms. The summed E-state index contributed by atoms with van der Waals surface area (Å²) in [6, 6.07) is 15.7. The minimum absolute atomic E-state index is 0.0935. The molecule has 2 aromatic carbocycles. The molecule has 10 nitrogen and oxygen atoms in total. The first-order chi connectivity index (χ1) is 17.7. The van der Waals surface area contributed by atoms with Crippen LogP contribution in [0.5, 0.6) is 5.75 Å². The third-order valence-corrected chi connectivity index (χ3v) is 7.98. The molecular weight excluding hydrogens is 498 g/mol. The van der Waals surface area contributed by atoms with Gasteiger partial charge in [-0.3, -0.25) is 14.4 Å². The zero-order chi connectivity index (χ0) is 26.6. The quantitative estimate of drug-likeness (QED) is 0.501. The maximum atomic E-state index is 13.5. The lowest BCUT2D eigenvalue weighted by molar-refractivity contribution is -0.132. The molecule has 0 spiro atoms. The summed E-state index contributed by atoms with van der Waals surface area (Å²) in [7, 11) is -2.82. The molecule has 0 aliphatic carbocycles. The van der Waals surface area contributed by atoms with E-state index < -0.39 is 27.0 Å². The molecule has 1 aliphatic rings. The Morgan fingerprint density at radius 3 is 2.19 bits per heavy atom. The SMILES string of the molecule is COc1ccccc1C(=O)N1CCN(C(=O)C(NC(=O)c2ccco2)S(=O)(=O)c2ccc(C)cc2)CC1. The molecule has 1 N–H and O–H groups in total. The van der Waals surface area contributed by atoms with Crippen molar-refractivity contribution in [2.24, 2.45) is 0 Å². The number of hydrogen-bond acceptors (Lipinski definition) is 7. The van der Waals surface area contributed by atoms with Gasteiger partial charge in [0.25, 0.3) is 17.7 Å². The topological polar surface area (TPSA) is 126 Å². The Hall–Kier alpha value is -4.12. The summed E-state index contributed by atoms with van der Waals surface area (Å²) < 4.78 is 37.3. The zero-order valence-electron chi connectivity index (χ0n) is 20.4. The highest BCUT2D eigenvalue weighted by Crippen LogP contribution is 2.22. The van der Waals surface area contributed by atoms with Crippen LogP contribution in [0.1, 0.15) is 26.5 Å². The summed E-state index contributed by atoms with van der Waals surface area (Å²) in [6.07, 6.45) is 1.28. The second kappa shape index (κ2) is 10.9. The smallest absolute Gasteiger partial charge is 0.288 e. The fraction of sp³-hybridized carbons (Fsp3) is 0.269. The van der Waals surface area contributed by atoms with Crippen LogP contribution < -0.4 is 10.1 Å². The Bertz CT molecular complexity index is 1380. The number of rotatable bonds is 7. The summed E-state index contributed by atoms with van der Waals surface area (Å²) in [6.45, 7) is 2.37. The van der Waals surface area contributed by atoms with Crippen LogP contribution in [0, 0.1) is 6.92 Å². The van der Waals surface area contributed by atoms with E-state index in [0.29, 0.717) is 11.3 Å². The summed E-state index contributed by atoms with van der Waals surface area (Å²) >= 11 is 0. The van der Waals surface area contributed by atoms with E-state index in [-0.39, 0.29) is 42.7 Å². The number of aryl methyl sites for hydroxylation is 1. The monoisotopic (exact) mass is 525 g/mol. The van der Waals surface area contributed by atoms with E-state index in [1.54, 1.807) is 41.3 Å². The predicted molar refractivity (Wildman–Crippen MR) is 134 cm³/mol. The first-order valence-corrected chi connectivity index (χ1v) is 13.1. The molecule has 4 rings (SSSR count). The molecule has 0 saturated carbocycles. The lowest BCUT2D eigenvalue weighted by Crippen LogP contribution is -2.57. The van der Waals surface area contributed by atoms with Crippen molar-refractivity contribution >= 4 is 27.6 Å². The Labute approximate surface area is 214 Å². The van der Waals surface area contributed by atoms with Gasteiger partial charge in [-0.2, -0.15) is 0 Å². The highest BCUT2D eigenvalue weighted by Gasteiger charge is 2.40. The van der Waals surface area contributed by atoms with Crippen LogP contribution in [-0.4, -0.2) is 74.6 Å². The van der Waals surface area contributed by atoms with Gasteiger partial charge in [0.1, 0.15) is 5.75 Å². The van der Waals surface area contributed by atoms with Gasteiger partial charge in [-0.05, 0) is 43.3 Å². The standard InChI is InChI=1S/C26H27N3O7S/c1-18-9-11-19(12-10-18)37(33,34)24(27-23(30)22-8-5-17-36-22)26(32)29-15-13-28(14-16-29)25(31)20-6-3-4-7-21(20)35-2/h3-12,17,24H,13-16H2,1-2H3,(H,27,30). The number of sulfone groups is 1. The van der Waals surface area contributed by atoms with E-state index in [9.17, 15) is 22.8 Å². The van der Waals surface area contributed by atoms with Crippen LogP contribution in [-0.2, 0) is 14.6 Å². The van der Waals surface area contributed by atoms with E-state index in [4.69, 9.17) is 9.15 Å². The number of carbonyl (C=O) groups is 3. The number of nitrogens with one attached hydrogen (secondary N) is 1. The molecule has 1 aliphatic heterocycles. The molecule has 1 unspecified atom stereocenters. The summed E-state index contributed by atoms with van der Waals surface area (Å²) in [5.74, 6) is -1.55. The van der Waals surface area contributed by atoms with Crippen molar-refractivity contribution in [3.05, 3.63) is 83.8 Å². The summed E-state index contributed by atoms with van der Waals surface area (Å²) in [5.41, 5.74) is 1.24. The van der Waals surface area contributed by atoms with E-state index >= 15 is 0 Å². The van der Waals surface area contributed by atoms with E-state index in [1.807, 2.05) is 6.92 Å². The average Bonchev–Trinajstić information content (AvgIpc) is 3.46. The fourth-order valence-electron chi connectivity index (χ4n) is 4.02. The lowest BCUT2D eigenvalue weighted by atomic mass is 10.1. The maximum Gasteiger partial charge on any atom is 0.288 e. The molecule has 2 heterocycles. The molecule has 1 aromatic heterocycles. The van der Waals surface area contributed by atoms with Crippen LogP contribution in [0.4, 0.5) is 0 Å². The van der Waals surface area contributed by atoms with Gasteiger partial charge in [-0.25, -0.2) is 8.42 Å². The van der Waals surface area contributed by atoms with Crippen LogP contribution in [0.15, 0.2) is 76.2 Å². The highest BCUT2D eigenvalue weighted by molar-refractivity contribution is 7.92. The highest BCUT2D eigenvalue weighted by atomic mass is 32.2. The Morgan fingerprint density at radius 1 is 0.919 bits per heavy atom. The number of hydrogen-bond donors (Lipinski definition) is 1. The molecule has 0 bridgehead atoms. The van der Waals surface area contributed by atoms with Crippen LogP contribution in [0.2, 0.25) is 0 Å². The normalized spacial score (nSPS) is 14.6. The summed E-state index contributed by atoms with van der Waals surface area (Å²) in [5, 5.41) is 0.465. The van der Waals surface area contributed by atoms with Gasteiger partial charge in [-0.15, -0.1) is 0 Å². The molecule has 194 valence electrons. The first kappa shape index (κ1) is 26.0. The number of nitrogens with zero attached hydrogens (tertiary/aromatic N) is 2. The van der Waals surface area contributed by atoms with Gasteiger partial charge in [0.05, 0.1) is 23.8 Å². The largest absolute Gasteiger partial charge is 0.496 e. The van der Waals surface area contributed by atoms with Crippen LogP contribution >= 0.6 is 0 Å². The van der Waals surface area contributed by atoms with E-state index in [1.165, 1.54) is 42.5 Å². The molecule has 1 atom stereocenters. The van der Waals surface area contributed by atoms with E-state index in [0.717, 1.165) is 5.56 Å². The van der Waals surface area contributed by atoms with Crippen molar-refractivity contribution in [3.63, 3.8) is 0 Å². The zero-order valence-corrected chi connectivity index (χ0v) is 21.2. The number of piperazine rings is 1. The number of amides is 3. The van der Waals surface area contributed by atoms with Crippen molar-refractivity contribution in [2.75, 3.05) is 33.3 Å². The van der Waals surface area contributed by atoms with Gasteiger partial charge in [0.2, 0.25) is 15.2 Å². The number of para-hydroxylation sites is 1. The van der Waals surface area contributed by atoms with Crippen molar-refractivity contribution < 1.29 is 32.0 Å². The predicted octanol–water partition coefficient (Wildman–Crippen LogP) is 2.11.